The lowest BCUT2D eigenvalue weighted by atomic mass is 10.2. The number of hydrogen-bond acceptors (Lipinski definition) is 2. The Bertz CT molecular complexity index is 514. The maximum Gasteiger partial charge on any atom is 0.128 e. The van der Waals surface area contributed by atoms with E-state index in [1.54, 1.807) is 7.11 Å². The summed E-state index contributed by atoms with van der Waals surface area (Å²) in [6.45, 7) is 5.15. The minimum Gasteiger partial charge on any atom is -0.496 e. The van der Waals surface area contributed by atoms with Crippen molar-refractivity contribution in [1.29, 1.82) is 0 Å². The molecule has 0 fully saturated rings. The van der Waals surface area contributed by atoms with Gasteiger partial charge in [0.2, 0.25) is 0 Å². The van der Waals surface area contributed by atoms with Crippen molar-refractivity contribution in [1.82, 2.24) is 4.57 Å². The topological polar surface area (TPSA) is 40.2 Å². The largest absolute Gasteiger partial charge is 0.496 e. The summed E-state index contributed by atoms with van der Waals surface area (Å²) >= 11 is 0. The first-order valence-corrected chi connectivity index (χ1v) is 6.08. The highest BCUT2D eigenvalue weighted by atomic mass is 16.5. The van der Waals surface area contributed by atoms with Crippen LogP contribution >= 0.6 is 0 Å². The first kappa shape index (κ1) is 12.0. The number of fused-ring (bicyclic) bond motifs is 1. The molecule has 1 atom stereocenters. The van der Waals surface area contributed by atoms with Crippen molar-refractivity contribution in [2.45, 2.75) is 32.9 Å². The summed E-state index contributed by atoms with van der Waals surface area (Å²) in [4.78, 5) is 0. The number of ether oxygens (including phenoxy) is 1. The molecule has 17 heavy (non-hydrogen) atoms. The fourth-order valence-corrected chi connectivity index (χ4v) is 2.36. The zero-order chi connectivity index (χ0) is 12.4. The van der Waals surface area contributed by atoms with Crippen LogP contribution in [0.2, 0.25) is 0 Å². The van der Waals surface area contributed by atoms with E-state index in [0.717, 1.165) is 18.7 Å². The molecule has 0 spiro atoms. The lowest BCUT2D eigenvalue weighted by Crippen LogP contribution is -2.19. The number of benzene rings is 1. The van der Waals surface area contributed by atoms with Gasteiger partial charge in [0.15, 0.2) is 0 Å². The van der Waals surface area contributed by atoms with Crippen LogP contribution in [-0.4, -0.2) is 17.7 Å². The average molecular weight is 232 g/mol. The molecule has 0 saturated heterocycles. The summed E-state index contributed by atoms with van der Waals surface area (Å²) in [5.74, 6) is 0.931. The summed E-state index contributed by atoms with van der Waals surface area (Å²) in [7, 11) is 1.71. The highest BCUT2D eigenvalue weighted by Crippen LogP contribution is 2.29. The Morgan fingerprint density at radius 1 is 1.41 bits per heavy atom. The Morgan fingerprint density at radius 3 is 2.76 bits per heavy atom. The molecule has 0 saturated carbocycles. The van der Waals surface area contributed by atoms with Crippen LogP contribution in [0, 0.1) is 0 Å². The summed E-state index contributed by atoms with van der Waals surface area (Å²) in [6, 6.07) is 8.53. The normalized spacial score (nSPS) is 12.9. The number of aryl methyl sites for hydroxylation is 1. The molecule has 0 aliphatic rings. The van der Waals surface area contributed by atoms with Crippen molar-refractivity contribution < 1.29 is 4.74 Å². The lowest BCUT2D eigenvalue weighted by Gasteiger charge is -2.09. The molecule has 0 amide bonds. The van der Waals surface area contributed by atoms with Gasteiger partial charge in [0.1, 0.15) is 5.75 Å². The van der Waals surface area contributed by atoms with E-state index in [1.807, 2.05) is 19.1 Å². The summed E-state index contributed by atoms with van der Waals surface area (Å²) in [5.41, 5.74) is 8.40. The fraction of sp³-hybridized carbons (Fsp3) is 0.429. The lowest BCUT2D eigenvalue weighted by molar-refractivity contribution is 0.420. The maximum atomic E-state index is 5.90. The van der Waals surface area contributed by atoms with E-state index in [-0.39, 0.29) is 6.04 Å². The average Bonchev–Trinajstić information content (AvgIpc) is 2.64. The molecule has 1 aromatic heterocycles. The van der Waals surface area contributed by atoms with Crippen molar-refractivity contribution >= 4 is 10.9 Å². The van der Waals surface area contributed by atoms with Crippen molar-refractivity contribution in [2.75, 3.05) is 7.11 Å². The van der Waals surface area contributed by atoms with Gasteiger partial charge in [0, 0.05) is 30.1 Å². The van der Waals surface area contributed by atoms with E-state index in [9.17, 15) is 0 Å². The molecular weight excluding hydrogens is 212 g/mol. The van der Waals surface area contributed by atoms with Crippen LogP contribution in [0.3, 0.4) is 0 Å². The molecular formula is C14H20N2O. The molecule has 3 nitrogen and oxygen atoms in total. The molecule has 2 rings (SSSR count). The fourth-order valence-electron chi connectivity index (χ4n) is 2.36. The van der Waals surface area contributed by atoms with Gasteiger partial charge in [-0.2, -0.15) is 0 Å². The van der Waals surface area contributed by atoms with Gasteiger partial charge in [-0.3, -0.25) is 0 Å². The third-order valence-corrected chi connectivity index (χ3v) is 3.06. The van der Waals surface area contributed by atoms with Gasteiger partial charge in [0.25, 0.3) is 0 Å². The Labute approximate surface area is 102 Å². The molecule has 1 unspecified atom stereocenters. The van der Waals surface area contributed by atoms with Crippen molar-refractivity contribution in [2.24, 2.45) is 5.73 Å². The molecule has 2 N–H and O–H groups in total. The highest BCUT2D eigenvalue weighted by molar-refractivity contribution is 5.87. The van der Waals surface area contributed by atoms with Gasteiger partial charge in [-0.05, 0) is 32.0 Å². The second-order valence-corrected chi connectivity index (χ2v) is 4.45. The minimum atomic E-state index is 0.176. The maximum absolute atomic E-state index is 5.90. The highest BCUT2D eigenvalue weighted by Gasteiger charge is 2.11. The van der Waals surface area contributed by atoms with Gasteiger partial charge in [-0.1, -0.05) is 6.07 Å². The van der Waals surface area contributed by atoms with E-state index in [0.29, 0.717) is 0 Å². The van der Waals surface area contributed by atoms with Crippen LogP contribution in [0.5, 0.6) is 5.75 Å². The minimum absolute atomic E-state index is 0.176. The molecule has 0 aliphatic heterocycles. The second kappa shape index (κ2) is 4.80. The molecule has 2 aromatic rings. The second-order valence-electron chi connectivity index (χ2n) is 4.45. The summed E-state index contributed by atoms with van der Waals surface area (Å²) in [5, 5.41) is 1.17. The number of hydrogen-bond donors (Lipinski definition) is 1. The van der Waals surface area contributed by atoms with E-state index in [2.05, 4.69) is 23.6 Å². The number of methoxy groups -OCH3 is 1. The third kappa shape index (κ3) is 2.15. The van der Waals surface area contributed by atoms with Crippen LogP contribution < -0.4 is 10.5 Å². The van der Waals surface area contributed by atoms with Gasteiger partial charge < -0.3 is 15.0 Å². The van der Waals surface area contributed by atoms with Crippen LogP contribution in [0.1, 0.15) is 19.5 Å². The van der Waals surface area contributed by atoms with Gasteiger partial charge in [0.05, 0.1) is 12.6 Å². The van der Waals surface area contributed by atoms with Crippen molar-refractivity contribution in [3.05, 3.63) is 30.0 Å². The quantitative estimate of drug-likeness (QED) is 0.880. The molecule has 92 valence electrons. The molecule has 3 heteroatoms. The van der Waals surface area contributed by atoms with Gasteiger partial charge >= 0.3 is 0 Å². The Balaban J connectivity index is 2.61. The smallest absolute Gasteiger partial charge is 0.128 e. The molecule has 1 heterocycles. The Hall–Kier alpha value is -1.48. The van der Waals surface area contributed by atoms with Crippen molar-refractivity contribution in [3.8, 4) is 5.75 Å². The van der Waals surface area contributed by atoms with E-state index in [4.69, 9.17) is 10.5 Å². The number of nitrogens with zero attached hydrogens (tertiary/aromatic N) is 1. The number of nitrogens with two attached hydrogens (primary N) is 1. The van der Waals surface area contributed by atoms with Gasteiger partial charge in [-0.15, -0.1) is 0 Å². The predicted molar refractivity (Wildman–Crippen MR) is 71.5 cm³/mol. The summed E-state index contributed by atoms with van der Waals surface area (Å²) < 4.78 is 7.71. The number of rotatable bonds is 4. The molecule has 0 bridgehead atoms. The van der Waals surface area contributed by atoms with Crippen molar-refractivity contribution in [3.63, 3.8) is 0 Å². The first-order valence-electron chi connectivity index (χ1n) is 6.08. The molecule has 1 aromatic carbocycles. The van der Waals surface area contributed by atoms with E-state index < -0.39 is 0 Å². The van der Waals surface area contributed by atoms with Crippen LogP contribution in [0.15, 0.2) is 24.3 Å². The standard InChI is InChI=1S/C14H20N2O/c1-4-16-11(8-10(2)15)9-12-13(16)6-5-7-14(12)17-3/h5-7,9-10H,4,8,15H2,1-3H3. The zero-order valence-corrected chi connectivity index (χ0v) is 10.7. The first-order chi connectivity index (χ1) is 8.17. The predicted octanol–water partition coefficient (Wildman–Crippen LogP) is 2.56. The van der Waals surface area contributed by atoms with Gasteiger partial charge in [-0.25, -0.2) is 0 Å². The monoisotopic (exact) mass is 232 g/mol. The van der Waals surface area contributed by atoms with Crippen LogP contribution in [0.25, 0.3) is 10.9 Å². The number of aromatic nitrogens is 1. The SMILES string of the molecule is CCn1c(CC(C)N)cc2c(OC)cccc21. The molecule has 0 radical (unpaired) electrons. The summed E-state index contributed by atoms with van der Waals surface area (Å²) in [6.07, 6.45) is 0.895. The molecule has 0 aliphatic carbocycles. The zero-order valence-electron chi connectivity index (χ0n) is 10.7. The Morgan fingerprint density at radius 2 is 2.18 bits per heavy atom. The van der Waals surface area contributed by atoms with Crippen LogP contribution in [0.4, 0.5) is 0 Å². The van der Waals surface area contributed by atoms with E-state index >= 15 is 0 Å². The van der Waals surface area contributed by atoms with E-state index in [1.165, 1.54) is 16.6 Å². The van der Waals surface area contributed by atoms with Crippen LogP contribution in [-0.2, 0) is 13.0 Å². The third-order valence-electron chi connectivity index (χ3n) is 3.06. The Kier molecular flexibility index (Phi) is 3.38.